The largest absolute Gasteiger partial charge is 0.343 e. The Bertz CT molecular complexity index is 246. The van der Waals surface area contributed by atoms with E-state index in [-0.39, 0.29) is 12.5 Å². The molecule has 0 N–H and O–H groups in total. The van der Waals surface area contributed by atoms with Crippen LogP contribution in [0.3, 0.4) is 0 Å². The lowest BCUT2D eigenvalue weighted by Crippen LogP contribution is -2.40. The summed E-state index contributed by atoms with van der Waals surface area (Å²) >= 11 is 1.93. The first kappa shape index (κ1) is 11.2. The van der Waals surface area contributed by atoms with E-state index < -0.39 is 0 Å². The van der Waals surface area contributed by atoms with E-state index in [4.69, 9.17) is 5.53 Å². The minimum Gasteiger partial charge on any atom is -0.343 e. The molecule has 0 aromatic rings. The molecule has 0 aliphatic carbocycles. The van der Waals surface area contributed by atoms with Gasteiger partial charge in [-0.05, 0) is 29.9 Å². The first-order valence-electron chi connectivity index (χ1n) is 4.60. The molecule has 0 aromatic heterocycles. The average Bonchev–Trinajstić information content (AvgIpc) is 2.26. The predicted octanol–water partition coefficient (Wildman–Crippen LogP) is 1.65. The van der Waals surface area contributed by atoms with E-state index in [9.17, 15) is 4.79 Å². The Morgan fingerprint density at radius 2 is 2.29 bits per heavy atom. The Morgan fingerprint density at radius 3 is 2.86 bits per heavy atom. The van der Waals surface area contributed by atoms with Gasteiger partial charge in [-0.2, -0.15) is 11.8 Å². The summed E-state index contributed by atoms with van der Waals surface area (Å²) in [5.41, 5.74) is 8.09. The molecule has 5 nitrogen and oxygen atoms in total. The number of azide groups is 1. The van der Waals surface area contributed by atoms with Gasteiger partial charge in [-0.15, -0.1) is 0 Å². The monoisotopic (exact) mass is 214 g/mol. The van der Waals surface area contributed by atoms with Crippen LogP contribution in [0.1, 0.15) is 12.8 Å². The number of amides is 1. The van der Waals surface area contributed by atoms with Crippen molar-refractivity contribution < 1.29 is 4.79 Å². The highest BCUT2D eigenvalue weighted by Crippen LogP contribution is 2.20. The second-order valence-corrected chi connectivity index (χ2v) is 4.46. The van der Waals surface area contributed by atoms with Crippen LogP contribution < -0.4 is 0 Å². The lowest BCUT2D eigenvalue weighted by Gasteiger charge is -2.30. The van der Waals surface area contributed by atoms with E-state index in [1.165, 1.54) is 0 Å². The van der Waals surface area contributed by atoms with Crippen molar-refractivity contribution in [1.29, 1.82) is 0 Å². The number of rotatable bonds is 3. The molecule has 14 heavy (non-hydrogen) atoms. The molecule has 0 bridgehead atoms. The number of likely N-dealkylation sites (N-methyl/N-ethyl adjacent to an activating group) is 1. The molecule has 78 valence electrons. The third-order valence-electron chi connectivity index (χ3n) is 2.40. The minimum atomic E-state index is -0.0836. The zero-order chi connectivity index (χ0) is 10.4. The number of carbonyl (C=O) groups is 1. The van der Waals surface area contributed by atoms with Crippen LogP contribution in [-0.2, 0) is 4.79 Å². The molecule has 6 heteroatoms. The molecule has 1 aliphatic rings. The summed E-state index contributed by atoms with van der Waals surface area (Å²) in [6, 6.07) is 0.331. The molecule has 0 aromatic carbocycles. The maximum absolute atomic E-state index is 11.5. The Kier molecular flexibility index (Phi) is 4.62. The topological polar surface area (TPSA) is 69.1 Å². The summed E-state index contributed by atoms with van der Waals surface area (Å²) in [6.07, 6.45) is 2.09. The smallest absolute Gasteiger partial charge is 0.228 e. The van der Waals surface area contributed by atoms with Gasteiger partial charge in [0.1, 0.15) is 6.54 Å². The lowest BCUT2D eigenvalue weighted by atomic mass is 10.1. The highest BCUT2D eigenvalue weighted by atomic mass is 32.2. The summed E-state index contributed by atoms with van der Waals surface area (Å²) in [5, 5.41) is 3.27. The van der Waals surface area contributed by atoms with Crippen molar-refractivity contribution in [2.24, 2.45) is 5.11 Å². The first-order chi connectivity index (χ1) is 6.75. The zero-order valence-electron chi connectivity index (χ0n) is 8.22. The fourth-order valence-electron chi connectivity index (χ4n) is 1.48. The number of hydrogen-bond acceptors (Lipinski definition) is 3. The van der Waals surface area contributed by atoms with Crippen LogP contribution in [0.2, 0.25) is 0 Å². The summed E-state index contributed by atoms with van der Waals surface area (Å²) in [7, 11) is 1.79. The van der Waals surface area contributed by atoms with E-state index in [0.717, 1.165) is 24.3 Å². The van der Waals surface area contributed by atoms with Crippen LogP contribution in [0.5, 0.6) is 0 Å². The van der Waals surface area contributed by atoms with Crippen LogP contribution >= 0.6 is 11.8 Å². The Labute approximate surface area is 87.5 Å². The number of carbonyl (C=O) groups excluding carboxylic acids is 1. The summed E-state index contributed by atoms with van der Waals surface area (Å²) < 4.78 is 0. The number of thioether (sulfide) groups is 1. The van der Waals surface area contributed by atoms with Crippen molar-refractivity contribution in [2.45, 2.75) is 18.9 Å². The van der Waals surface area contributed by atoms with Gasteiger partial charge in [0.15, 0.2) is 0 Å². The molecule has 0 spiro atoms. The third-order valence-corrected chi connectivity index (χ3v) is 3.45. The van der Waals surface area contributed by atoms with Gasteiger partial charge < -0.3 is 4.90 Å². The van der Waals surface area contributed by atoms with E-state index >= 15 is 0 Å². The van der Waals surface area contributed by atoms with Crippen LogP contribution in [0.4, 0.5) is 0 Å². The van der Waals surface area contributed by atoms with Crippen LogP contribution in [0.15, 0.2) is 5.11 Å². The van der Waals surface area contributed by atoms with Crippen molar-refractivity contribution >= 4 is 17.7 Å². The Balaban J connectivity index is 2.41. The standard InChI is InChI=1S/C8H14N4OS/c1-12(8(13)6-10-11-9)7-2-4-14-5-3-7/h7H,2-6H2,1H3. The molecular formula is C8H14N4OS. The highest BCUT2D eigenvalue weighted by molar-refractivity contribution is 7.99. The van der Waals surface area contributed by atoms with Gasteiger partial charge >= 0.3 is 0 Å². The van der Waals surface area contributed by atoms with Crippen molar-refractivity contribution in [3.05, 3.63) is 10.4 Å². The van der Waals surface area contributed by atoms with Crippen LogP contribution in [0, 0.1) is 0 Å². The van der Waals surface area contributed by atoms with Gasteiger partial charge in [-0.3, -0.25) is 4.79 Å². The summed E-state index contributed by atoms with van der Waals surface area (Å²) in [4.78, 5) is 15.7. The molecule has 1 aliphatic heterocycles. The molecule has 1 amide bonds. The maximum atomic E-state index is 11.5. The zero-order valence-corrected chi connectivity index (χ0v) is 9.03. The second kappa shape index (κ2) is 5.78. The number of hydrogen-bond donors (Lipinski definition) is 0. The molecule has 0 unspecified atom stereocenters. The molecular weight excluding hydrogens is 200 g/mol. The average molecular weight is 214 g/mol. The van der Waals surface area contributed by atoms with E-state index in [0.29, 0.717) is 6.04 Å². The highest BCUT2D eigenvalue weighted by Gasteiger charge is 2.21. The van der Waals surface area contributed by atoms with Crippen molar-refractivity contribution in [3.8, 4) is 0 Å². The Hall–Kier alpha value is -0.870. The quantitative estimate of drug-likeness (QED) is 0.407. The molecule has 1 fully saturated rings. The SMILES string of the molecule is CN(C(=O)CN=[N+]=[N-])C1CCSCC1. The van der Waals surface area contributed by atoms with Gasteiger partial charge in [-0.1, -0.05) is 5.11 Å². The van der Waals surface area contributed by atoms with Gasteiger partial charge in [0, 0.05) is 18.0 Å². The van der Waals surface area contributed by atoms with Gasteiger partial charge in [0.05, 0.1) is 0 Å². The normalized spacial score (nSPS) is 17.2. The number of nitrogens with zero attached hydrogens (tertiary/aromatic N) is 4. The van der Waals surface area contributed by atoms with Crippen molar-refractivity contribution in [1.82, 2.24) is 4.90 Å². The fraction of sp³-hybridized carbons (Fsp3) is 0.875. The van der Waals surface area contributed by atoms with Gasteiger partial charge in [-0.25, -0.2) is 0 Å². The van der Waals surface area contributed by atoms with Crippen molar-refractivity contribution in [3.63, 3.8) is 0 Å². The Morgan fingerprint density at radius 1 is 1.64 bits per heavy atom. The molecule has 0 atom stereocenters. The second-order valence-electron chi connectivity index (χ2n) is 3.24. The van der Waals surface area contributed by atoms with Gasteiger partial charge in [0.2, 0.25) is 5.91 Å². The summed E-state index contributed by atoms with van der Waals surface area (Å²) in [5.74, 6) is 2.15. The molecule has 0 radical (unpaired) electrons. The molecule has 1 heterocycles. The minimum absolute atomic E-state index is 0.0589. The fourth-order valence-corrected chi connectivity index (χ4v) is 2.56. The maximum Gasteiger partial charge on any atom is 0.228 e. The molecule has 0 saturated carbocycles. The van der Waals surface area contributed by atoms with E-state index in [2.05, 4.69) is 10.0 Å². The first-order valence-corrected chi connectivity index (χ1v) is 5.75. The predicted molar refractivity (Wildman–Crippen MR) is 57.1 cm³/mol. The lowest BCUT2D eigenvalue weighted by molar-refractivity contribution is -0.130. The molecule has 1 rings (SSSR count). The van der Waals surface area contributed by atoms with E-state index in [1.807, 2.05) is 11.8 Å². The van der Waals surface area contributed by atoms with Gasteiger partial charge in [0.25, 0.3) is 0 Å². The van der Waals surface area contributed by atoms with E-state index in [1.54, 1.807) is 11.9 Å². The van der Waals surface area contributed by atoms with Crippen molar-refractivity contribution in [2.75, 3.05) is 25.1 Å². The molecule has 1 saturated heterocycles. The third kappa shape index (κ3) is 3.12. The summed E-state index contributed by atoms with van der Waals surface area (Å²) in [6.45, 7) is -0.0589. The van der Waals surface area contributed by atoms with Crippen LogP contribution in [-0.4, -0.2) is 41.9 Å². The van der Waals surface area contributed by atoms with Crippen LogP contribution in [0.25, 0.3) is 10.4 Å².